The molecule has 1 N–H and O–H groups in total. The lowest BCUT2D eigenvalue weighted by Crippen LogP contribution is -2.47. The summed E-state index contributed by atoms with van der Waals surface area (Å²) < 4.78 is 33.8. The molecule has 1 unspecified atom stereocenters. The van der Waals surface area contributed by atoms with Crippen LogP contribution in [0.4, 0.5) is 5.82 Å². The fourth-order valence-corrected chi connectivity index (χ4v) is 7.45. The molecule has 2 fully saturated rings. The van der Waals surface area contributed by atoms with Crippen LogP contribution in [0.25, 0.3) is 27.4 Å². The molecule has 0 aliphatic carbocycles. The number of thiophene rings is 1. The highest BCUT2D eigenvalue weighted by Crippen LogP contribution is 2.37. The lowest BCUT2D eigenvalue weighted by molar-refractivity contribution is 0.122. The molecule has 0 spiro atoms. The average Bonchev–Trinajstić information content (AvgIpc) is 3.58. The van der Waals surface area contributed by atoms with Gasteiger partial charge in [-0.25, -0.2) is 18.1 Å². The minimum Gasteiger partial charge on any atom is -0.389 e. The van der Waals surface area contributed by atoms with Gasteiger partial charge in [-0.1, -0.05) is 18.2 Å². The van der Waals surface area contributed by atoms with Crippen LogP contribution in [0.2, 0.25) is 0 Å². The standard InChI is InChI=1S/C28H35N7O4S2/c1-19-24(18-32-9-11-34(12-10-32)41(3,37)38)40-26-25(19)29-28(30-27(26)33-13-15-39-16-14-33)35-8-7-23(31-35)22-6-4-5-21(17-22)20(2)36/h4-8,17,20,36H,9-16,18H2,1-3H3. The lowest BCUT2D eigenvalue weighted by atomic mass is 10.1. The molecule has 0 amide bonds. The van der Waals surface area contributed by atoms with Gasteiger partial charge in [0.15, 0.2) is 5.82 Å². The van der Waals surface area contributed by atoms with Crippen LogP contribution in [0.3, 0.4) is 0 Å². The third-order valence-electron chi connectivity index (χ3n) is 7.77. The molecule has 6 rings (SSSR count). The van der Waals surface area contributed by atoms with Gasteiger partial charge in [-0.15, -0.1) is 11.3 Å². The molecular formula is C28H35N7O4S2. The Labute approximate surface area is 244 Å². The minimum absolute atomic E-state index is 0.506. The number of fused-ring (bicyclic) bond motifs is 1. The molecule has 41 heavy (non-hydrogen) atoms. The highest BCUT2D eigenvalue weighted by molar-refractivity contribution is 7.88. The monoisotopic (exact) mass is 597 g/mol. The first-order valence-corrected chi connectivity index (χ1v) is 16.5. The number of nitrogens with zero attached hydrogens (tertiary/aromatic N) is 7. The zero-order valence-electron chi connectivity index (χ0n) is 23.5. The minimum atomic E-state index is -3.17. The number of aryl methyl sites for hydroxylation is 1. The first-order valence-electron chi connectivity index (χ1n) is 13.8. The van der Waals surface area contributed by atoms with Crippen LogP contribution in [0.15, 0.2) is 36.5 Å². The van der Waals surface area contributed by atoms with Crippen LogP contribution in [0.1, 0.15) is 29.0 Å². The largest absolute Gasteiger partial charge is 0.389 e. The van der Waals surface area contributed by atoms with E-state index in [2.05, 4.69) is 16.7 Å². The van der Waals surface area contributed by atoms with Crippen molar-refractivity contribution in [3.63, 3.8) is 0 Å². The number of hydrogen-bond donors (Lipinski definition) is 1. The van der Waals surface area contributed by atoms with Crippen LogP contribution in [0.5, 0.6) is 0 Å². The summed E-state index contributed by atoms with van der Waals surface area (Å²) in [5, 5.41) is 14.8. The number of aromatic nitrogens is 4. The van der Waals surface area contributed by atoms with Crippen molar-refractivity contribution in [1.82, 2.24) is 29.0 Å². The van der Waals surface area contributed by atoms with Gasteiger partial charge in [0, 0.05) is 62.5 Å². The number of hydrogen-bond acceptors (Lipinski definition) is 10. The van der Waals surface area contributed by atoms with E-state index in [0.29, 0.717) is 45.3 Å². The second-order valence-electron chi connectivity index (χ2n) is 10.7. The summed E-state index contributed by atoms with van der Waals surface area (Å²) in [6, 6.07) is 9.69. The summed E-state index contributed by atoms with van der Waals surface area (Å²) >= 11 is 1.72. The summed E-state index contributed by atoms with van der Waals surface area (Å²) in [7, 11) is -3.17. The van der Waals surface area contributed by atoms with Gasteiger partial charge in [0.2, 0.25) is 10.0 Å². The molecule has 0 saturated carbocycles. The SMILES string of the molecule is Cc1c(CN2CCN(S(C)(=O)=O)CC2)sc2c(N3CCOCC3)nc(-n3ccc(-c4cccc(C(C)O)c4)n3)nc12. The van der Waals surface area contributed by atoms with E-state index >= 15 is 0 Å². The number of piperazine rings is 1. The van der Waals surface area contributed by atoms with Gasteiger partial charge in [-0.3, -0.25) is 4.90 Å². The molecule has 0 bridgehead atoms. The van der Waals surface area contributed by atoms with Crippen molar-refractivity contribution in [3.8, 4) is 17.2 Å². The molecule has 13 heteroatoms. The summed E-state index contributed by atoms with van der Waals surface area (Å²) in [4.78, 5) is 15.8. The van der Waals surface area contributed by atoms with E-state index in [9.17, 15) is 13.5 Å². The van der Waals surface area contributed by atoms with Gasteiger partial charge >= 0.3 is 0 Å². The van der Waals surface area contributed by atoms with Crippen LogP contribution in [-0.4, -0.2) is 101 Å². The number of ether oxygens (including phenoxy) is 1. The van der Waals surface area contributed by atoms with Gasteiger partial charge in [0.25, 0.3) is 5.95 Å². The molecule has 218 valence electrons. The Morgan fingerprint density at radius 3 is 2.54 bits per heavy atom. The molecule has 3 aromatic heterocycles. The highest BCUT2D eigenvalue weighted by atomic mass is 32.2. The third-order valence-corrected chi connectivity index (χ3v) is 10.3. The van der Waals surface area contributed by atoms with E-state index in [-0.39, 0.29) is 0 Å². The maximum atomic E-state index is 11.9. The predicted molar refractivity (Wildman–Crippen MR) is 160 cm³/mol. The van der Waals surface area contributed by atoms with Crippen molar-refractivity contribution in [1.29, 1.82) is 0 Å². The maximum absolute atomic E-state index is 11.9. The van der Waals surface area contributed by atoms with Crippen LogP contribution >= 0.6 is 11.3 Å². The molecular weight excluding hydrogens is 562 g/mol. The van der Waals surface area contributed by atoms with Crippen molar-refractivity contribution >= 4 is 37.4 Å². The van der Waals surface area contributed by atoms with Crippen molar-refractivity contribution in [2.24, 2.45) is 0 Å². The van der Waals surface area contributed by atoms with Crippen molar-refractivity contribution in [3.05, 3.63) is 52.5 Å². The van der Waals surface area contributed by atoms with Crippen molar-refractivity contribution < 1.29 is 18.3 Å². The first-order chi connectivity index (χ1) is 19.7. The van der Waals surface area contributed by atoms with Crippen molar-refractivity contribution in [2.75, 3.05) is 63.6 Å². The van der Waals surface area contributed by atoms with Gasteiger partial charge in [-0.2, -0.15) is 14.4 Å². The number of morpholine rings is 1. The molecule has 0 radical (unpaired) electrons. The summed E-state index contributed by atoms with van der Waals surface area (Å²) in [6.07, 6.45) is 2.59. The first kappa shape index (κ1) is 28.2. The number of aliphatic hydroxyl groups is 1. The summed E-state index contributed by atoms with van der Waals surface area (Å²) in [5.41, 5.74) is 4.57. The van der Waals surface area contributed by atoms with Crippen LogP contribution < -0.4 is 4.90 Å². The Kier molecular flexibility index (Phi) is 7.83. The van der Waals surface area contributed by atoms with Crippen molar-refractivity contribution in [2.45, 2.75) is 26.5 Å². The second-order valence-corrected chi connectivity index (χ2v) is 13.7. The van der Waals surface area contributed by atoms with Crippen LogP contribution in [-0.2, 0) is 21.3 Å². The number of benzene rings is 1. The van der Waals surface area contributed by atoms with Gasteiger partial charge in [0.05, 0.1) is 41.5 Å². The van der Waals surface area contributed by atoms with Crippen LogP contribution in [0, 0.1) is 6.92 Å². The molecule has 11 nitrogen and oxygen atoms in total. The fourth-order valence-electron chi connectivity index (χ4n) is 5.32. The van der Waals surface area contributed by atoms with Gasteiger partial charge < -0.3 is 14.7 Å². The Morgan fingerprint density at radius 2 is 1.83 bits per heavy atom. The lowest BCUT2D eigenvalue weighted by Gasteiger charge is -2.33. The second kappa shape index (κ2) is 11.4. The number of anilines is 1. The molecule has 1 aromatic carbocycles. The maximum Gasteiger partial charge on any atom is 0.253 e. The van der Waals surface area contributed by atoms with E-state index in [1.54, 1.807) is 27.2 Å². The van der Waals surface area contributed by atoms with E-state index < -0.39 is 16.1 Å². The quantitative estimate of drug-likeness (QED) is 0.343. The number of aliphatic hydroxyl groups excluding tert-OH is 1. The average molecular weight is 598 g/mol. The van der Waals surface area contributed by atoms with E-state index in [1.807, 2.05) is 36.5 Å². The van der Waals surface area contributed by atoms with E-state index in [4.69, 9.17) is 19.8 Å². The smallest absolute Gasteiger partial charge is 0.253 e. The Balaban J connectivity index is 1.34. The number of sulfonamides is 1. The number of rotatable bonds is 7. The molecule has 1 atom stereocenters. The van der Waals surface area contributed by atoms with E-state index in [1.165, 1.54) is 11.1 Å². The Hall–Kier alpha value is -2.94. The third kappa shape index (κ3) is 5.87. The highest BCUT2D eigenvalue weighted by Gasteiger charge is 2.26. The van der Waals surface area contributed by atoms with E-state index in [0.717, 1.165) is 58.1 Å². The fraction of sp³-hybridized carbons (Fsp3) is 0.464. The Bertz CT molecular complexity index is 1650. The predicted octanol–water partition coefficient (Wildman–Crippen LogP) is 2.82. The van der Waals surface area contributed by atoms with Gasteiger partial charge in [-0.05, 0) is 37.1 Å². The van der Waals surface area contributed by atoms with Gasteiger partial charge in [0.1, 0.15) is 0 Å². The molecule has 2 aliphatic rings. The topological polar surface area (TPSA) is 117 Å². The zero-order valence-corrected chi connectivity index (χ0v) is 25.2. The molecule has 2 saturated heterocycles. The molecule has 4 aromatic rings. The summed E-state index contributed by atoms with van der Waals surface area (Å²) in [6.45, 7) is 9.80. The Morgan fingerprint density at radius 1 is 1.07 bits per heavy atom. The summed E-state index contributed by atoms with van der Waals surface area (Å²) in [5.74, 6) is 1.40. The zero-order chi connectivity index (χ0) is 28.7. The molecule has 2 aliphatic heterocycles. The molecule has 5 heterocycles. The normalized spacial score (nSPS) is 18.3.